The van der Waals surface area contributed by atoms with Crippen molar-refractivity contribution in [2.24, 2.45) is 0 Å². The molecule has 0 bridgehead atoms. The molecule has 1 radical (unpaired) electrons. The van der Waals surface area contributed by atoms with Crippen molar-refractivity contribution in [1.82, 2.24) is 4.98 Å². The van der Waals surface area contributed by atoms with Crippen LogP contribution in [0.4, 0.5) is 5.69 Å². The molecule has 1 aliphatic rings. The number of fused-ring (bicyclic) bond motifs is 1. The molecular weight excluding hydrogens is 346 g/mol. The van der Waals surface area contributed by atoms with Crippen molar-refractivity contribution in [2.75, 3.05) is 11.4 Å². The Morgan fingerprint density at radius 3 is 3.00 bits per heavy atom. The Morgan fingerprint density at radius 1 is 1.50 bits per heavy atom. The fraction of sp³-hybridized carbons (Fsp3) is 0.545. The molecule has 1 aromatic heterocycles. The van der Waals surface area contributed by atoms with E-state index in [9.17, 15) is 0 Å². The number of hydrogen-bond donors (Lipinski definition) is 0. The Morgan fingerprint density at radius 2 is 2.29 bits per heavy atom. The molecule has 2 heterocycles. The van der Waals surface area contributed by atoms with Crippen LogP contribution < -0.4 is 4.90 Å². The number of hydrogen-bond acceptors (Lipinski definition) is 2. The average molecular weight is 361 g/mol. The van der Waals surface area contributed by atoms with Crippen LogP contribution in [0.2, 0.25) is 0 Å². The third kappa shape index (κ3) is 2.16. The van der Waals surface area contributed by atoms with Crippen molar-refractivity contribution in [1.29, 1.82) is 0 Å². The summed E-state index contributed by atoms with van der Waals surface area (Å²) in [7, 11) is 0. The second-order valence-electron chi connectivity index (χ2n) is 3.81. The van der Waals surface area contributed by atoms with Crippen molar-refractivity contribution in [3.63, 3.8) is 0 Å². The summed E-state index contributed by atoms with van der Waals surface area (Å²) >= 11 is 0. The third-order valence-corrected chi connectivity index (χ3v) is 2.57. The molecule has 0 atom stereocenters. The van der Waals surface area contributed by atoms with Crippen LogP contribution in [0.1, 0.15) is 25.8 Å². The second-order valence-corrected chi connectivity index (χ2v) is 3.81. The zero-order valence-corrected chi connectivity index (χ0v) is 11.3. The molecule has 0 amide bonds. The van der Waals surface area contributed by atoms with E-state index in [1.54, 1.807) is 0 Å². The number of rotatable bonds is 1. The summed E-state index contributed by atoms with van der Waals surface area (Å²) in [6.45, 7) is 5.63. The van der Waals surface area contributed by atoms with Crippen LogP contribution in [0.15, 0.2) is 12.3 Å². The maximum Gasteiger partial charge on any atom is 0.0118 e. The smallest absolute Gasteiger partial charge is 0.0118 e. The van der Waals surface area contributed by atoms with E-state index in [0.717, 1.165) is 6.42 Å². The molecule has 0 saturated carbocycles. The van der Waals surface area contributed by atoms with E-state index in [2.05, 4.69) is 36.0 Å². The summed E-state index contributed by atoms with van der Waals surface area (Å²) in [5.41, 5.74) is 2.61. The van der Waals surface area contributed by atoms with E-state index in [1.807, 2.05) is 6.20 Å². The number of aryl methyl sites for hydroxylation is 1. The van der Waals surface area contributed by atoms with Crippen LogP contribution in [0.5, 0.6) is 0 Å². The topological polar surface area (TPSA) is 16.1 Å². The van der Waals surface area contributed by atoms with Gasteiger partial charge in [0, 0.05) is 33.0 Å². The van der Waals surface area contributed by atoms with Gasteiger partial charge in [0.15, 0.2) is 0 Å². The van der Waals surface area contributed by atoms with Gasteiger partial charge in [-0.05, 0) is 26.7 Å². The van der Waals surface area contributed by atoms with E-state index in [0.29, 0.717) is 6.04 Å². The number of nitrogens with zero attached hydrogens (tertiary/aromatic N) is 2. The Bertz CT molecular complexity index is 299. The molecule has 14 heavy (non-hydrogen) atoms. The van der Waals surface area contributed by atoms with Gasteiger partial charge in [-0.2, -0.15) is 0 Å². The van der Waals surface area contributed by atoms with E-state index >= 15 is 0 Å². The third-order valence-electron chi connectivity index (χ3n) is 2.57. The monoisotopic (exact) mass is 362 g/mol. The molecule has 0 spiro atoms. The van der Waals surface area contributed by atoms with Gasteiger partial charge in [0.2, 0.25) is 0 Å². The quantitative estimate of drug-likeness (QED) is 0.712. The average Bonchev–Trinajstić information content (AvgIpc) is 2.17. The summed E-state index contributed by atoms with van der Waals surface area (Å²) < 4.78 is 0. The fourth-order valence-electron chi connectivity index (χ4n) is 1.92. The van der Waals surface area contributed by atoms with E-state index in [1.165, 1.54) is 24.2 Å². The van der Waals surface area contributed by atoms with E-state index in [4.69, 9.17) is 0 Å². The Kier molecular flexibility index (Phi) is 4.10. The van der Waals surface area contributed by atoms with Crippen molar-refractivity contribution in [3.8, 4) is 0 Å². The largest absolute Gasteiger partial charge is 0.421 e. The predicted molar refractivity (Wildman–Crippen MR) is 53.9 cm³/mol. The van der Waals surface area contributed by atoms with Gasteiger partial charge in [0.25, 0.3) is 0 Å². The maximum atomic E-state index is 4.04. The first-order valence-electron chi connectivity index (χ1n) is 4.91. The van der Waals surface area contributed by atoms with Gasteiger partial charge in [0.05, 0.1) is 0 Å². The van der Waals surface area contributed by atoms with Crippen LogP contribution in [-0.4, -0.2) is 17.6 Å². The SMILES string of the molecule is CC(C)N1CCCc2[c-]nccc21.[Re]. The van der Waals surface area contributed by atoms with Gasteiger partial charge >= 0.3 is 0 Å². The minimum Gasteiger partial charge on any atom is -0.421 e. The molecule has 77 valence electrons. The van der Waals surface area contributed by atoms with Crippen LogP contribution in [0, 0.1) is 6.20 Å². The van der Waals surface area contributed by atoms with Crippen molar-refractivity contribution in [2.45, 2.75) is 32.7 Å². The van der Waals surface area contributed by atoms with E-state index < -0.39 is 0 Å². The van der Waals surface area contributed by atoms with Crippen molar-refractivity contribution in [3.05, 3.63) is 24.0 Å². The first kappa shape index (κ1) is 11.7. The van der Waals surface area contributed by atoms with Crippen LogP contribution in [0.25, 0.3) is 0 Å². The predicted octanol–water partition coefficient (Wildman–Crippen LogP) is 2.04. The van der Waals surface area contributed by atoms with E-state index in [-0.39, 0.29) is 20.4 Å². The molecule has 0 saturated heterocycles. The van der Waals surface area contributed by atoms with Gasteiger partial charge in [-0.1, -0.05) is 18.1 Å². The molecule has 0 aliphatic carbocycles. The van der Waals surface area contributed by atoms with Crippen LogP contribution in [-0.2, 0) is 26.8 Å². The molecule has 0 unspecified atom stereocenters. The minimum atomic E-state index is 0. The van der Waals surface area contributed by atoms with Crippen molar-refractivity contribution >= 4 is 5.69 Å². The minimum absolute atomic E-state index is 0. The second kappa shape index (κ2) is 4.91. The van der Waals surface area contributed by atoms with Gasteiger partial charge in [-0.15, -0.1) is 11.6 Å². The van der Waals surface area contributed by atoms with Gasteiger partial charge < -0.3 is 9.88 Å². The summed E-state index contributed by atoms with van der Waals surface area (Å²) in [5, 5.41) is 0. The molecular formula is C11H15N2Re-. The normalized spacial score (nSPS) is 14.9. The maximum absolute atomic E-state index is 4.04. The summed E-state index contributed by atoms with van der Waals surface area (Å²) in [5.74, 6) is 0. The summed E-state index contributed by atoms with van der Waals surface area (Å²) in [6, 6.07) is 2.68. The molecule has 0 fully saturated rings. The molecule has 2 nitrogen and oxygen atoms in total. The molecule has 3 heteroatoms. The Hall–Kier alpha value is -0.388. The van der Waals surface area contributed by atoms with Crippen LogP contribution >= 0.6 is 0 Å². The molecule has 0 aromatic carbocycles. The first-order chi connectivity index (χ1) is 6.29. The Labute approximate surface area is 99.4 Å². The molecule has 1 aliphatic heterocycles. The molecule has 0 N–H and O–H groups in total. The molecule has 1 aromatic rings. The number of anilines is 1. The fourth-order valence-corrected chi connectivity index (χ4v) is 1.92. The summed E-state index contributed by atoms with van der Waals surface area (Å²) in [4.78, 5) is 6.47. The molecule has 2 rings (SSSR count). The summed E-state index contributed by atoms with van der Waals surface area (Å²) in [6.07, 6.45) is 7.28. The van der Waals surface area contributed by atoms with Gasteiger partial charge in [0.1, 0.15) is 0 Å². The zero-order chi connectivity index (χ0) is 9.26. The van der Waals surface area contributed by atoms with Gasteiger partial charge in [-0.25, -0.2) is 0 Å². The standard InChI is InChI=1S/C11H15N2.Re/c1-9(2)13-7-3-4-10-8-12-6-5-11(10)13;/h5-6,9H,3-4,7H2,1-2H3;/q-1;. The first-order valence-corrected chi connectivity index (χ1v) is 4.91. The zero-order valence-electron chi connectivity index (χ0n) is 8.63. The number of pyridine rings is 1. The van der Waals surface area contributed by atoms with Crippen molar-refractivity contribution < 1.29 is 20.4 Å². The Balaban J connectivity index is 0.000000980. The van der Waals surface area contributed by atoms with Gasteiger partial charge in [-0.3, -0.25) is 0 Å². The van der Waals surface area contributed by atoms with Crippen LogP contribution in [0.3, 0.4) is 0 Å². The number of aromatic nitrogens is 1.